The Kier molecular flexibility index (Phi) is 4.39. The van der Waals surface area contributed by atoms with Gasteiger partial charge in [0.1, 0.15) is 5.54 Å². The Hall–Kier alpha value is -1.88. The molecule has 0 bridgehead atoms. The number of aliphatic carboxylic acids is 1. The van der Waals surface area contributed by atoms with E-state index in [0.717, 1.165) is 30.4 Å². The van der Waals surface area contributed by atoms with Crippen LogP contribution < -0.4 is 5.32 Å². The summed E-state index contributed by atoms with van der Waals surface area (Å²) in [5.74, 6) is -0.798. The number of carbonyl (C=O) groups is 1. The van der Waals surface area contributed by atoms with Crippen LogP contribution in [0.15, 0.2) is 30.6 Å². The monoisotopic (exact) mass is 275 g/mol. The van der Waals surface area contributed by atoms with Crippen LogP contribution in [0.1, 0.15) is 26.2 Å². The number of aromatic nitrogens is 2. The van der Waals surface area contributed by atoms with Crippen LogP contribution in [0, 0.1) is 0 Å². The molecule has 2 N–H and O–H groups in total. The lowest BCUT2D eigenvalue weighted by atomic mass is 9.95. The van der Waals surface area contributed by atoms with Crippen LogP contribution in [0.5, 0.6) is 0 Å². The van der Waals surface area contributed by atoms with Crippen molar-refractivity contribution < 1.29 is 9.90 Å². The molecule has 0 saturated carbocycles. The number of hydrogen-bond acceptors (Lipinski definition) is 3. The molecule has 1 unspecified atom stereocenters. The number of carboxylic acids is 1. The molecule has 108 valence electrons. The van der Waals surface area contributed by atoms with Crippen molar-refractivity contribution in [2.45, 2.75) is 38.3 Å². The standard InChI is InChI=1S/C15H21N3O2/c1-15(16-2,14(19)20)9-5-6-10-18-11-17-12-7-3-4-8-13(12)18/h3-4,7-8,11,16H,5-6,9-10H2,1-2H3,(H,19,20). The minimum atomic E-state index is -0.836. The second-order valence-corrected chi connectivity index (χ2v) is 5.27. The van der Waals surface area contributed by atoms with Gasteiger partial charge in [-0.2, -0.15) is 0 Å². The zero-order chi connectivity index (χ0) is 14.6. The van der Waals surface area contributed by atoms with Crippen LogP contribution >= 0.6 is 0 Å². The van der Waals surface area contributed by atoms with Gasteiger partial charge < -0.3 is 15.0 Å². The number of carboxylic acid groups (broad SMARTS) is 1. The molecule has 0 amide bonds. The summed E-state index contributed by atoms with van der Waals surface area (Å²) in [7, 11) is 1.69. The predicted octanol–water partition coefficient (Wildman–Crippen LogP) is 2.27. The lowest BCUT2D eigenvalue weighted by molar-refractivity contribution is -0.144. The molecule has 0 aliphatic carbocycles. The molecule has 5 heteroatoms. The normalized spacial score (nSPS) is 14.3. The number of unbranched alkanes of at least 4 members (excludes halogenated alkanes) is 1. The zero-order valence-corrected chi connectivity index (χ0v) is 12.0. The van der Waals surface area contributed by atoms with E-state index in [0.29, 0.717) is 6.42 Å². The van der Waals surface area contributed by atoms with Crippen LogP contribution in [-0.2, 0) is 11.3 Å². The highest BCUT2D eigenvalue weighted by Gasteiger charge is 2.29. The molecule has 1 aromatic heterocycles. The second-order valence-electron chi connectivity index (χ2n) is 5.27. The predicted molar refractivity (Wildman–Crippen MR) is 78.7 cm³/mol. The summed E-state index contributed by atoms with van der Waals surface area (Å²) in [5, 5.41) is 12.1. The minimum absolute atomic E-state index is 0.617. The summed E-state index contributed by atoms with van der Waals surface area (Å²) >= 11 is 0. The molecule has 1 aromatic carbocycles. The molecule has 0 radical (unpaired) electrons. The average molecular weight is 275 g/mol. The van der Waals surface area contributed by atoms with Gasteiger partial charge in [0, 0.05) is 6.54 Å². The lowest BCUT2D eigenvalue weighted by Gasteiger charge is -2.23. The Morgan fingerprint density at radius 1 is 1.40 bits per heavy atom. The quantitative estimate of drug-likeness (QED) is 0.761. The topological polar surface area (TPSA) is 67.2 Å². The fourth-order valence-electron chi connectivity index (χ4n) is 2.29. The summed E-state index contributed by atoms with van der Waals surface area (Å²) in [6.45, 7) is 2.59. The molecule has 2 aromatic rings. The number of nitrogens with zero attached hydrogens (tertiary/aromatic N) is 2. The zero-order valence-electron chi connectivity index (χ0n) is 12.0. The summed E-state index contributed by atoms with van der Waals surface area (Å²) in [6, 6.07) is 8.03. The number of aryl methyl sites for hydroxylation is 1. The third-order valence-electron chi connectivity index (χ3n) is 3.88. The molecule has 5 nitrogen and oxygen atoms in total. The van der Waals surface area contributed by atoms with E-state index >= 15 is 0 Å². The Morgan fingerprint density at radius 3 is 2.85 bits per heavy atom. The van der Waals surface area contributed by atoms with Crippen molar-refractivity contribution in [3.63, 3.8) is 0 Å². The molecule has 0 aliphatic heterocycles. The number of rotatable bonds is 7. The van der Waals surface area contributed by atoms with E-state index in [1.807, 2.05) is 24.5 Å². The van der Waals surface area contributed by atoms with Crippen LogP contribution in [-0.4, -0.2) is 33.2 Å². The number of fused-ring (bicyclic) bond motifs is 1. The van der Waals surface area contributed by atoms with E-state index in [-0.39, 0.29) is 0 Å². The van der Waals surface area contributed by atoms with Gasteiger partial charge in [-0.3, -0.25) is 4.79 Å². The van der Waals surface area contributed by atoms with Gasteiger partial charge in [0.25, 0.3) is 0 Å². The van der Waals surface area contributed by atoms with Crippen molar-refractivity contribution in [2.24, 2.45) is 0 Å². The van der Waals surface area contributed by atoms with Crippen molar-refractivity contribution in [1.82, 2.24) is 14.9 Å². The number of nitrogens with one attached hydrogen (secondary N) is 1. The molecule has 1 atom stereocenters. The van der Waals surface area contributed by atoms with Gasteiger partial charge in [0.2, 0.25) is 0 Å². The van der Waals surface area contributed by atoms with E-state index in [9.17, 15) is 9.90 Å². The van der Waals surface area contributed by atoms with Gasteiger partial charge in [-0.25, -0.2) is 4.98 Å². The van der Waals surface area contributed by atoms with Crippen LogP contribution in [0.4, 0.5) is 0 Å². The largest absolute Gasteiger partial charge is 0.480 e. The van der Waals surface area contributed by atoms with E-state index in [1.165, 1.54) is 0 Å². The van der Waals surface area contributed by atoms with E-state index in [2.05, 4.69) is 20.9 Å². The maximum atomic E-state index is 11.2. The first-order chi connectivity index (χ1) is 9.57. The van der Waals surface area contributed by atoms with Gasteiger partial charge in [-0.15, -0.1) is 0 Å². The first-order valence-corrected chi connectivity index (χ1v) is 6.89. The second kappa shape index (κ2) is 6.05. The fraction of sp³-hybridized carbons (Fsp3) is 0.467. The molecular formula is C15H21N3O2. The summed E-state index contributed by atoms with van der Waals surface area (Å²) < 4.78 is 2.12. The first-order valence-electron chi connectivity index (χ1n) is 6.89. The fourth-order valence-corrected chi connectivity index (χ4v) is 2.29. The van der Waals surface area contributed by atoms with E-state index < -0.39 is 11.5 Å². The average Bonchev–Trinajstić information content (AvgIpc) is 2.86. The highest BCUT2D eigenvalue weighted by molar-refractivity contribution is 5.78. The molecular weight excluding hydrogens is 254 g/mol. The van der Waals surface area contributed by atoms with Crippen molar-refractivity contribution in [3.8, 4) is 0 Å². The van der Waals surface area contributed by atoms with Crippen LogP contribution in [0.3, 0.4) is 0 Å². The van der Waals surface area contributed by atoms with Gasteiger partial charge in [0.15, 0.2) is 0 Å². The number of para-hydroxylation sites is 2. The molecule has 1 heterocycles. The molecule has 0 aliphatic rings. The number of hydrogen-bond donors (Lipinski definition) is 2. The Balaban J connectivity index is 1.89. The number of benzene rings is 1. The highest BCUT2D eigenvalue weighted by atomic mass is 16.4. The third kappa shape index (κ3) is 2.99. The minimum Gasteiger partial charge on any atom is -0.480 e. The van der Waals surface area contributed by atoms with Gasteiger partial charge in [0.05, 0.1) is 17.4 Å². The Labute approximate surface area is 118 Å². The summed E-state index contributed by atoms with van der Waals surface area (Å²) in [5.41, 5.74) is 1.29. The van der Waals surface area contributed by atoms with Crippen molar-refractivity contribution in [1.29, 1.82) is 0 Å². The number of likely N-dealkylation sites (N-methyl/N-ethyl adjacent to an activating group) is 1. The molecule has 0 spiro atoms. The Bertz CT molecular complexity index is 594. The lowest BCUT2D eigenvalue weighted by Crippen LogP contribution is -2.47. The number of imidazole rings is 1. The van der Waals surface area contributed by atoms with E-state index in [1.54, 1.807) is 14.0 Å². The summed E-state index contributed by atoms with van der Waals surface area (Å²) in [4.78, 5) is 15.5. The van der Waals surface area contributed by atoms with E-state index in [4.69, 9.17) is 0 Å². The maximum Gasteiger partial charge on any atom is 0.323 e. The maximum absolute atomic E-state index is 11.2. The van der Waals surface area contributed by atoms with Crippen molar-refractivity contribution in [3.05, 3.63) is 30.6 Å². The van der Waals surface area contributed by atoms with Gasteiger partial charge in [-0.05, 0) is 45.4 Å². The Morgan fingerprint density at radius 2 is 2.15 bits per heavy atom. The SMILES string of the molecule is CNC(C)(CCCCn1cnc2ccccc21)C(=O)O. The highest BCUT2D eigenvalue weighted by Crippen LogP contribution is 2.16. The van der Waals surface area contributed by atoms with Crippen molar-refractivity contribution in [2.75, 3.05) is 7.05 Å². The van der Waals surface area contributed by atoms with Gasteiger partial charge in [-0.1, -0.05) is 12.1 Å². The smallest absolute Gasteiger partial charge is 0.323 e. The molecule has 2 rings (SSSR count). The first kappa shape index (κ1) is 14.5. The van der Waals surface area contributed by atoms with Crippen LogP contribution in [0.25, 0.3) is 11.0 Å². The molecule has 0 fully saturated rings. The van der Waals surface area contributed by atoms with Crippen molar-refractivity contribution >= 4 is 17.0 Å². The molecule has 0 saturated heterocycles. The van der Waals surface area contributed by atoms with Crippen LogP contribution in [0.2, 0.25) is 0 Å². The van der Waals surface area contributed by atoms with Gasteiger partial charge >= 0.3 is 5.97 Å². The summed E-state index contributed by atoms with van der Waals surface area (Å²) in [6.07, 6.45) is 4.26. The third-order valence-corrected chi connectivity index (χ3v) is 3.88. The molecule has 20 heavy (non-hydrogen) atoms.